The molecule has 1 saturated heterocycles. The molecule has 0 radical (unpaired) electrons. The normalized spacial score (nSPS) is 22.5. The molecule has 1 unspecified atom stereocenters. The molecule has 8 nitrogen and oxygen atoms in total. The number of piperazine rings is 1. The van der Waals surface area contributed by atoms with Gasteiger partial charge in [-0.3, -0.25) is 14.4 Å². The summed E-state index contributed by atoms with van der Waals surface area (Å²) in [6.07, 6.45) is 3.57. The lowest BCUT2D eigenvalue weighted by atomic mass is 9.92. The van der Waals surface area contributed by atoms with E-state index >= 15 is 0 Å². The first-order valence-electron chi connectivity index (χ1n) is 12.5. The van der Waals surface area contributed by atoms with Crippen LogP contribution in [-0.4, -0.2) is 51.5 Å². The number of aromatic nitrogens is 3. The van der Waals surface area contributed by atoms with Gasteiger partial charge in [-0.1, -0.05) is 6.07 Å². The van der Waals surface area contributed by atoms with E-state index in [9.17, 15) is 9.18 Å². The first kappa shape index (κ1) is 24.5. The summed E-state index contributed by atoms with van der Waals surface area (Å²) in [5, 5.41) is 13.8. The number of pyridine rings is 1. The van der Waals surface area contributed by atoms with Gasteiger partial charge < -0.3 is 14.2 Å². The van der Waals surface area contributed by atoms with Crippen molar-refractivity contribution in [2.75, 3.05) is 25.1 Å². The zero-order valence-corrected chi connectivity index (χ0v) is 21.5. The summed E-state index contributed by atoms with van der Waals surface area (Å²) in [5.41, 5.74) is 3.83. The van der Waals surface area contributed by atoms with E-state index in [1.165, 1.54) is 0 Å². The summed E-state index contributed by atoms with van der Waals surface area (Å²) in [5.74, 6) is -0.235. The van der Waals surface area contributed by atoms with Crippen molar-refractivity contribution in [2.45, 2.75) is 63.9 Å². The molecule has 0 spiro atoms. The number of halogens is 1. The number of aryl methyl sites for hydroxylation is 1. The van der Waals surface area contributed by atoms with Gasteiger partial charge in [-0.05, 0) is 56.9 Å². The van der Waals surface area contributed by atoms with Crippen molar-refractivity contribution in [3.8, 4) is 6.07 Å². The van der Waals surface area contributed by atoms with Gasteiger partial charge >= 0.3 is 0 Å². The maximum absolute atomic E-state index is 14.2. The van der Waals surface area contributed by atoms with Crippen LogP contribution in [0.15, 0.2) is 35.3 Å². The molecule has 3 atom stereocenters. The molecular weight excluding hydrogens is 459 g/mol. The van der Waals surface area contributed by atoms with Crippen LogP contribution in [0.5, 0.6) is 0 Å². The van der Waals surface area contributed by atoms with Crippen LogP contribution >= 0.6 is 0 Å². The van der Waals surface area contributed by atoms with Crippen LogP contribution in [0.25, 0.3) is 11.0 Å². The van der Waals surface area contributed by atoms with Crippen LogP contribution in [0.4, 0.5) is 10.1 Å². The maximum Gasteiger partial charge on any atom is 0.252 e. The summed E-state index contributed by atoms with van der Waals surface area (Å²) in [6, 6.07) is 9.22. The Hall–Kier alpha value is -3.22. The lowest BCUT2D eigenvalue weighted by Gasteiger charge is -2.48. The van der Waals surface area contributed by atoms with E-state index in [2.05, 4.69) is 41.7 Å². The number of rotatable bonds is 6. The second-order valence-electron chi connectivity index (χ2n) is 10.3. The lowest BCUT2D eigenvalue weighted by molar-refractivity contribution is 0.0730. The van der Waals surface area contributed by atoms with Gasteiger partial charge in [0.05, 0.1) is 29.1 Å². The van der Waals surface area contributed by atoms with E-state index in [4.69, 9.17) is 10.00 Å². The van der Waals surface area contributed by atoms with Crippen molar-refractivity contribution < 1.29 is 9.13 Å². The number of methoxy groups -OCH3 is 1. The van der Waals surface area contributed by atoms with Crippen molar-refractivity contribution in [2.24, 2.45) is 7.05 Å². The van der Waals surface area contributed by atoms with Crippen molar-refractivity contribution in [1.82, 2.24) is 19.2 Å². The number of nitrogens with zero attached hydrogens (tertiary/aromatic N) is 6. The minimum Gasteiger partial charge on any atom is -0.374 e. The van der Waals surface area contributed by atoms with Crippen molar-refractivity contribution in [3.63, 3.8) is 0 Å². The van der Waals surface area contributed by atoms with Gasteiger partial charge in [0.25, 0.3) is 5.56 Å². The minimum atomic E-state index is -0.375. The molecule has 5 rings (SSSR count). The molecule has 190 valence electrons. The number of nitriles is 1. The predicted octanol–water partition coefficient (Wildman–Crippen LogP) is 3.69. The van der Waals surface area contributed by atoms with Crippen LogP contribution in [0, 0.1) is 17.1 Å². The highest BCUT2D eigenvalue weighted by Gasteiger charge is 2.47. The fraction of sp³-hybridized carbons (Fsp3) is 0.519. The molecule has 9 heteroatoms. The Bertz CT molecular complexity index is 1400. The number of hydrogen-bond donors (Lipinski definition) is 0. The molecule has 2 aliphatic rings. The van der Waals surface area contributed by atoms with E-state index < -0.39 is 0 Å². The van der Waals surface area contributed by atoms with Crippen molar-refractivity contribution >= 4 is 16.7 Å². The van der Waals surface area contributed by atoms with Crippen molar-refractivity contribution in [3.05, 3.63) is 57.8 Å². The third-order valence-electron chi connectivity index (χ3n) is 8.06. The summed E-state index contributed by atoms with van der Waals surface area (Å²) in [6.45, 7) is 8.14. The number of hydrogen-bond acceptors (Lipinski definition) is 6. The molecule has 36 heavy (non-hydrogen) atoms. The standard InChI is InChI=1S/C27H33FN6O2/c1-17-15-34(23-13-25(35)31(4)24-16-32(11-10-29)30-26(23)24)18(2)14-33(17)19(3)21-7-6-20(28)12-22(21)27(36-5)8-9-27/h6-7,12-13,16-19H,8-9,11,14-15H2,1-5H3/t17-,18+,19?/m1/s1. The Kier molecular flexibility index (Phi) is 6.13. The predicted molar refractivity (Wildman–Crippen MR) is 136 cm³/mol. The smallest absolute Gasteiger partial charge is 0.252 e. The molecule has 2 fully saturated rings. The van der Waals surface area contributed by atoms with Gasteiger partial charge in [0.15, 0.2) is 0 Å². The van der Waals surface area contributed by atoms with Gasteiger partial charge in [-0.25, -0.2) is 4.39 Å². The number of fused-ring (bicyclic) bond motifs is 1. The Morgan fingerprint density at radius 3 is 2.67 bits per heavy atom. The molecule has 1 saturated carbocycles. The summed E-state index contributed by atoms with van der Waals surface area (Å²) in [4.78, 5) is 17.5. The lowest BCUT2D eigenvalue weighted by Crippen LogP contribution is -2.57. The van der Waals surface area contributed by atoms with Crippen LogP contribution in [-0.2, 0) is 23.9 Å². The van der Waals surface area contributed by atoms with E-state index in [1.54, 1.807) is 47.8 Å². The van der Waals surface area contributed by atoms with E-state index in [0.29, 0.717) is 12.1 Å². The monoisotopic (exact) mass is 492 g/mol. The molecule has 3 aromatic rings. The first-order chi connectivity index (χ1) is 17.2. The maximum atomic E-state index is 14.2. The van der Waals surface area contributed by atoms with Crippen LogP contribution in [0.1, 0.15) is 50.8 Å². The van der Waals surface area contributed by atoms with Crippen LogP contribution in [0.2, 0.25) is 0 Å². The number of benzene rings is 1. The van der Waals surface area contributed by atoms with E-state index in [1.807, 2.05) is 6.07 Å². The largest absolute Gasteiger partial charge is 0.374 e. The average molecular weight is 493 g/mol. The second kappa shape index (κ2) is 9.02. The van der Waals surface area contributed by atoms with Gasteiger partial charge in [-0.15, -0.1) is 0 Å². The quantitative estimate of drug-likeness (QED) is 0.522. The highest BCUT2D eigenvalue weighted by atomic mass is 19.1. The Morgan fingerprint density at radius 2 is 2.00 bits per heavy atom. The first-order valence-corrected chi connectivity index (χ1v) is 12.5. The Labute approximate surface area is 210 Å². The third kappa shape index (κ3) is 3.98. The number of ether oxygens (including phenoxy) is 1. The highest BCUT2D eigenvalue weighted by molar-refractivity contribution is 5.88. The van der Waals surface area contributed by atoms with Crippen molar-refractivity contribution in [1.29, 1.82) is 5.26 Å². The molecule has 1 aliphatic heterocycles. The zero-order valence-electron chi connectivity index (χ0n) is 21.5. The fourth-order valence-electron chi connectivity index (χ4n) is 5.80. The molecule has 0 N–H and O–H groups in total. The molecule has 1 aromatic carbocycles. The Balaban J connectivity index is 1.46. The van der Waals surface area contributed by atoms with E-state index in [-0.39, 0.29) is 41.6 Å². The van der Waals surface area contributed by atoms with Crippen LogP contribution in [0.3, 0.4) is 0 Å². The van der Waals surface area contributed by atoms with Gasteiger partial charge in [0, 0.05) is 51.4 Å². The molecule has 3 heterocycles. The van der Waals surface area contributed by atoms with E-state index in [0.717, 1.165) is 41.7 Å². The molecule has 2 aromatic heterocycles. The Morgan fingerprint density at radius 1 is 1.25 bits per heavy atom. The SMILES string of the molecule is COC1(c2cc(F)ccc2C(C)N2C[C@H](C)N(c3cc(=O)n(C)c4cn(CC#N)nc34)C[C@H]2C)CC1. The molecule has 1 aliphatic carbocycles. The summed E-state index contributed by atoms with van der Waals surface area (Å²) in [7, 11) is 3.43. The van der Waals surface area contributed by atoms with Gasteiger partial charge in [-0.2, -0.15) is 10.4 Å². The molecule has 0 amide bonds. The zero-order chi connectivity index (χ0) is 25.8. The van der Waals surface area contributed by atoms with Gasteiger partial charge in [0.1, 0.15) is 17.9 Å². The topological polar surface area (TPSA) is 79.3 Å². The van der Waals surface area contributed by atoms with Gasteiger partial charge in [0.2, 0.25) is 0 Å². The summed E-state index contributed by atoms with van der Waals surface area (Å²) >= 11 is 0. The third-order valence-corrected chi connectivity index (χ3v) is 8.06. The fourth-order valence-corrected chi connectivity index (χ4v) is 5.80. The highest BCUT2D eigenvalue weighted by Crippen LogP contribution is 2.51. The minimum absolute atomic E-state index is 0.0753. The number of anilines is 1. The summed E-state index contributed by atoms with van der Waals surface area (Å²) < 4.78 is 23.2. The van der Waals surface area contributed by atoms with Crippen LogP contribution < -0.4 is 10.5 Å². The second-order valence-corrected chi connectivity index (χ2v) is 10.3. The molecule has 0 bridgehead atoms. The average Bonchev–Trinajstić information content (AvgIpc) is 3.55. The molecular formula is C27H33FN6O2.